The third-order valence-corrected chi connectivity index (χ3v) is 5.83. The molecule has 1 heterocycles. The molecule has 0 radical (unpaired) electrons. The molecule has 0 fully saturated rings. The molecule has 0 saturated heterocycles. The number of hydrogen-bond acceptors (Lipinski definition) is 6. The number of aryl methyl sites for hydroxylation is 1. The number of benzene rings is 3. The number of hydrogen-bond donors (Lipinski definition) is 1. The van der Waals surface area contributed by atoms with Gasteiger partial charge in [0, 0.05) is 11.3 Å². The van der Waals surface area contributed by atoms with Crippen LogP contribution in [0.5, 0.6) is 11.5 Å². The van der Waals surface area contributed by atoms with Crippen molar-refractivity contribution in [1.29, 1.82) is 5.26 Å². The number of para-hydroxylation sites is 1. The highest BCUT2D eigenvalue weighted by Gasteiger charge is 2.29. The van der Waals surface area contributed by atoms with Gasteiger partial charge in [-0.3, -0.25) is 9.59 Å². The summed E-state index contributed by atoms with van der Waals surface area (Å²) in [6, 6.07) is 21.6. The van der Waals surface area contributed by atoms with E-state index in [9.17, 15) is 9.59 Å². The van der Waals surface area contributed by atoms with E-state index < -0.39 is 0 Å². The lowest BCUT2D eigenvalue weighted by atomic mass is 10.1. The first-order valence-corrected chi connectivity index (χ1v) is 11.7. The van der Waals surface area contributed by atoms with Gasteiger partial charge in [0.1, 0.15) is 0 Å². The number of nitrogens with one attached hydrogen (secondary N) is 1. The first kappa shape index (κ1) is 25.2. The van der Waals surface area contributed by atoms with Gasteiger partial charge in [-0.05, 0) is 67.4 Å². The maximum absolute atomic E-state index is 13.2. The average molecular weight is 495 g/mol. The normalized spacial score (nSPS) is 13.8. The molecule has 0 spiro atoms. The minimum atomic E-state index is -0.324. The van der Waals surface area contributed by atoms with E-state index >= 15 is 0 Å². The molecule has 0 atom stereocenters. The molecule has 0 bridgehead atoms. The molecule has 2 amide bonds. The van der Waals surface area contributed by atoms with E-state index in [-0.39, 0.29) is 18.4 Å². The van der Waals surface area contributed by atoms with E-state index in [0.29, 0.717) is 45.3 Å². The number of nitrogens with zero attached hydrogens (tertiary/aromatic N) is 3. The number of nitriles is 1. The van der Waals surface area contributed by atoms with E-state index in [0.717, 1.165) is 6.42 Å². The van der Waals surface area contributed by atoms with E-state index in [1.807, 2.05) is 24.3 Å². The number of methoxy groups -OCH3 is 1. The van der Waals surface area contributed by atoms with Gasteiger partial charge in [-0.25, -0.2) is 0 Å². The molecule has 1 aliphatic heterocycles. The zero-order valence-electron chi connectivity index (χ0n) is 20.8. The smallest absolute Gasteiger partial charge is 0.280 e. The van der Waals surface area contributed by atoms with Gasteiger partial charge in [-0.2, -0.15) is 15.4 Å². The molecule has 3 aromatic rings. The van der Waals surface area contributed by atoms with Crippen molar-refractivity contribution in [3.05, 3.63) is 89.0 Å². The Labute approximate surface area is 215 Å². The number of carbonyl (C=O) groups excluding carboxylic acids is 2. The zero-order valence-corrected chi connectivity index (χ0v) is 20.8. The molecule has 0 unspecified atom stereocenters. The third-order valence-electron chi connectivity index (χ3n) is 5.83. The molecule has 8 heteroatoms. The summed E-state index contributed by atoms with van der Waals surface area (Å²) >= 11 is 0. The summed E-state index contributed by atoms with van der Waals surface area (Å²) in [6.45, 7) is 3.56. The number of carbonyl (C=O) groups is 2. The topological polar surface area (TPSA) is 104 Å². The molecule has 8 nitrogen and oxygen atoms in total. The highest BCUT2D eigenvalue weighted by Crippen LogP contribution is 2.34. The van der Waals surface area contributed by atoms with Crippen molar-refractivity contribution in [2.24, 2.45) is 5.10 Å². The molecule has 1 N–H and O–H groups in total. The van der Waals surface area contributed by atoms with E-state index in [1.165, 1.54) is 17.7 Å². The van der Waals surface area contributed by atoms with Crippen LogP contribution in [0.4, 0.5) is 11.4 Å². The monoisotopic (exact) mass is 494 g/mol. The quantitative estimate of drug-likeness (QED) is 0.446. The van der Waals surface area contributed by atoms with Gasteiger partial charge in [0.2, 0.25) is 0 Å². The van der Waals surface area contributed by atoms with Crippen LogP contribution in [0.3, 0.4) is 0 Å². The van der Waals surface area contributed by atoms with Crippen LogP contribution in [0.25, 0.3) is 6.08 Å². The second-order valence-corrected chi connectivity index (χ2v) is 8.29. The first-order chi connectivity index (χ1) is 17.9. The van der Waals surface area contributed by atoms with Gasteiger partial charge >= 0.3 is 0 Å². The Hall–Kier alpha value is -4.90. The number of rotatable bonds is 8. The number of anilines is 2. The largest absolute Gasteiger partial charge is 0.493 e. The Morgan fingerprint density at radius 2 is 1.84 bits per heavy atom. The molecular formula is C29H26N4O4. The summed E-state index contributed by atoms with van der Waals surface area (Å²) in [5.74, 6) is 0.129. The predicted octanol–water partition coefficient (Wildman–Crippen LogP) is 4.95. The standard InChI is InChI=1S/C29H26N4O4/c1-4-20-8-12-23(13-9-20)31-27(34)18-37-28-22(6-5-7-26(28)36-3)16-25-19(2)32-33(29(25)35)24-14-10-21(17-30)11-15-24/h5-16H,4,18H2,1-3H3,(H,31,34)/b25-16+. The molecule has 3 aromatic carbocycles. The van der Waals surface area contributed by atoms with Crippen LogP contribution >= 0.6 is 0 Å². The minimum absolute atomic E-state index is 0.246. The first-order valence-electron chi connectivity index (χ1n) is 11.7. The van der Waals surface area contributed by atoms with Crippen molar-refractivity contribution in [2.45, 2.75) is 20.3 Å². The van der Waals surface area contributed by atoms with Gasteiger partial charge in [0.25, 0.3) is 11.8 Å². The Kier molecular flexibility index (Phi) is 7.65. The van der Waals surface area contributed by atoms with Crippen molar-refractivity contribution in [3.8, 4) is 17.6 Å². The fourth-order valence-corrected chi connectivity index (χ4v) is 3.81. The Balaban J connectivity index is 1.54. The Morgan fingerprint density at radius 1 is 1.11 bits per heavy atom. The summed E-state index contributed by atoms with van der Waals surface area (Å²) in [5.41, 5.74) is 4.38. The van der Waals surface area contributed by atoms with Crippen LogP contribution in [-0.2, 0) is 16.0 Å². The van der Waals surface area contributed by atoms with Crippen LogP contribution in [0.15, 0.2) is 77.4 Å². The molecule has 0 aromatic heterocycles. The van der Waals surface area contributed by atoms with Gasteiger partial charge in [-0.1, -0.05) is 31.2 Å². The molecule has 37 heavy (non-hydrogen) atoms. The SMILES string of the molecule is CCc1ccc(NC(=O)COc2c(/C=C3/C(=O)N(c4ccc(C#N)cc4)N=C3C)cccc2OC)cc1. The molecule has 4 rings (SSSR count). The van der Waals surface area contributed by atoms with Gasteiger partial charge in [0.05, 0.1) is 35.7 Å². The van der Waals surface area contributed by atoms with Crippen molar-refractivity contribution < 1.29 is 19.1 Å². The zero-order chi connectivity index (χ0) is 26.4. The fraction of sp³-hybridized carbons (Fsp3) is 0.172. The number of hydrazone groups is 1. The van der Waals surface area contributed by atoms with Crippen LogP contribution in [0, 0.1) is 11.3 Å². The predicted molar refractivity (Wildman–Crippen MR) is 143 cm³/mol. The van der Waals surface area contributed by atoms with E-state index in [2.05, 4.69) is 23.4 Å². The average Bonchev–Trinajstić information content (AvgIpc) is 3.21. The summed E-state index contributed by atoms with van der Waals surface area (Å²) in [4.78, 5) is 25.8. The lowest BCUT2D eigenvalue weighted by Gasteiger charge is -2.14. The molecule has 0 aliphatic carbocycles. The highest BCUT2D eigenvalue weighted by atomic mass is 16.5. The molecule has 1 aliphatic rings. The van der Waals surface area contributed by atoms with Crippen molar-refractivity contribution in [2.75, 3.05) is 24.0 Å². The van der Waals surface area contributed by atoms with Gasteiger partial charge < -0.3 is 14.8 Å². The number of amides is 2. The second kappa shape index (κ2) is 11.2. The summed E-state index contributed by atoms with van der Waals surface area (Å²) in [7, 11) is 1.51. The third kappa shape index (κ3) is 5.68. The number of ether oxygens (including phenoxy) is 2. The Bertz CT molecular complexity index is 1420. The summed E-state index contributed by atoms with van der Waals surface area (Å²) in [5, 5.41) is 17.5. The maximum Gasteiger partial charge on any atom is 0.280 e. The molecule has 186 valence electrons. The van der Waals surface area contributed by atoms with Crippen molar-refractivity contribution >= 4 is 35.0 Å². The summed E-state index contributed by atoms with van der Waals surface area (Å²) in [6.07, 6.45) is 2.59. The molecule has 0 saturated carbocycles. The summed E-state index contributed by atoms with van der Waals surface area (Å²) < 4.78 is 11.3. The van der Waals surface area contributed by atoms with Crippen LogP contribution in [0.2, 0.25) is 0 Å². The van der Waals surface area contributed by atoms with E-state index in [1.54, 1.807) is 55.5 Å². The fourth-order valence-electron chi connectivity index (χ4n) is 3.81. The molecular weight excluding hydrogens is 468 g/mol. The van der Waals surface area contributed by atoms with Gasteiger partial charge in [0.15, 0.2) is 18.1 Å². The second-order valence-electron chi connectivity index (χ2n) is 8.29. The van der Waals surface area contributed by atoms with Crippen molar-refractivity contribution in [1.82, 2.24) is 0 Å². The van der Waals surface area contributed by atoms with Crippen molar-refractivity contribution in [3.63, 3.8) is 0 Å². The Morgan fingerprint density at radius 3 is 2.49 bits per heavy atom. The van der Waals surface area contributed by atoms with Crippen LogP contribution < -0.4 is 19.8 Å². The lowest BCUT2D eigenvalue weighted by molar-refractivity contribution is -0.118. The maximum atomic E-state index is 13.2. The van der Waals surface area contributed by atoms with E-state index in [4.69, 9.17) is 14.7 Å². The van der Waals surface area contributed by atoms with Crippen LogP contribution in [0.1, 0.15) is 30.5 Å². The lowest BCUT2D eigenvalue weighted by Crippen LogP contribution is -2.21. The van der Waals surface area contributed by atoms with Gasteiger partial charge in [-0.15, -0.1) is 0 Å². The highest BCUT2D eigenvalue weighted by molar-refractivity contribution is 6.32. The van der Waals surface area contributed by atoms with Crippen LogP contribution in [-0.4, -0.2) is 31.2 Å². The minimum Gasteiger partial charge on any atom is -0.493 e.